The van der Waals surface area contributed by atoms with E-state index in [0.717, 1.165) is 20.8 Å². The van der Waals surface area contributed by atoms with Crippen molar-refractivity contribution in [2.75, 3.05) is 33.5 Å². The molecule has 3 aromatic rings. The number of aliphatic hydroxyl groups is 1. The Morgan fingerprint density at radius 1 is 0.410 bits per heavy atom. The Hall–Kier alpha value is -8.04. The molecule has 30 nitrogen and oxygen atoms in total. The van der Waals surface area contributed by atoms with E-state index in [-0.39, 0.29) is 71.9 Å². The van der Waals surface area contributed by atoms with Crippen LogP contribution in [0.3, 0.4) is 0 Å². The van der Waals surface area contributed by atoms with Gasteiger partial charge >= 0.3 is 41.8 Å². The van der Waals surface area contributed by atoms with E-state index in [1.54, 1.807) is 112 Å². The van der Waals surface area contributed by atoms with Gasteiger partial charge in [-0.3, -0.25) is 47.9 Å². The second-order valence-corrected chi connectivity index (χ2v) is 24.1. The van der Waals surface area contributed by atoms with Gasteiger partial charge in [-0.15, -0.1) is 0 Å². The number of benzene rings is 3. The smallest absolute Gasteiger partial charge is 0.305 e. The molecule has 0 aromatic heterocycles. The van der Waals surface area contributed by atoms with Crippen LogP contribution in [0.2, 0.25) is 0 Å². The number of ether oxygens (including phenoxy) is 16. The number of aliphatic hydroxyl groups excluding tert-OH is 1. The first-order valence-corrected chi connectivity index (χ1v) is 33.2. The lowest BCUT2D eigenvalue weighted by Gasteiger charge is -2.51. The lowest BCUT2D eigenvalue weighted by Crippen LogP contribution is -2.70. The third-order valence-corrected chi connectivity index (χ3v) is 16.2. The summed E-state index contributed by atoms with van der Waals surface area (Å²) in [6.07, 6.45) is -21.5. The Labute approximate surface area is 580 Å². The Morgan fingerprint density at radius 3 is 1.12 bits per heavy atom. The standard InChI is InChI=1S/C70H95N3O27/c1-40-56(71-65(82)52(96-46(7)77)30-34-86-43(4)74)60(90-37-49-23-15-11-16-24-49)59(81)68(93-40)99-64-62(92-39-51-27-19-13-20-28-51)58(73-67(84)54(98-48(9)79)32-36-88-45(6)76)42(3)95-70(64)100-63-61(91-38-50-25-17-12-18-26-50)57(72-66(83)53(97-47(8)78)31-35-87-44(5)75)41(2)94-69(63)89-33-22-14-21-29-55(80)85-10/h11-13,15-20,23-28,40-42,52-54,56-64,68-70,81H,14,21-22,29-39H2,1-10H3,(H,71,82)(H,72,83)(H,73,84)/t40-,41-,42-,52-,53-,54-,56-,57-,58-,59+,60+,61+,62+,63+,64+,68-,69+,70-/m1/s1. The molecule has 18 atom stereocenters. The van der Waals surface area contributed by atoms with Crippen LogP contribution in [0.25, 0.3) is 0 Å². The lowest BCUT2D eigenvalue weighted by molar-refractivity contribution is -0.380. The highest BCUT2D eigenvalue weighted by atomic mass is 16.8. The number of carbonyl (C=O) groups excluding carboxylic acids is 10. The van der Waals surface area contributed by atoms with Gasteiger partial charge in [0.15, 0.2) is 37.2 Å². The number of hydrogen-bond donors (Lipinski definition) is 4. The molecule has 0 spiro atoms. The van der Waals surface area contributed by atoms with Crippen molar-refractivity contribution in [1.29, 1.82) is 0 Å². The van der Waals surface area contributed by atoms with E-state index in [1.807, 2.05) is 0 Å². The molecule has 3 amide bonds. The molecule has 100 heavy (non-hydrogen) atoms. The summed E-state index contributed by atoms with van der Waals surface area (Å²) < 4.78 is 98.1. The summed E-state index contributed by atoms with van der Waals surface area (Å²) in [7, 11) is 1.29. The maximum atomic E-state index is 14.7. The number of amides is 3. The van der Waals surface area contributed by atoms with Crippen LogP contribution >= 0.6 is 0 Å². The van der Waals surface area contributed by atoms with Gasteiger partial charge in [-0.05, 0) is 50.3 Å². The Bertz CT molecular complexity index is 3090. The fraction of sp³-hybridized carbons (Fsp3) is 0.600. The van der Waals surface area contributed by atoms with Gasteiger partial charge in [0.2, 0.25) is 0 Å². The molecule has 0 radical (unpaired) electrons. The molecular formula is C70H95N3O27. The molecule has 6 rings (SSSR count). The van der Waals surface area contributed by atoms with Crippen molar-refractivity contribution >= 4 is 59.5 Å². The third kappa shape index (κ3) is 26.5. The first-order chi connectivity index (χ1) is 47.8. The molecule has 3 heterocycles. The molecule has 3 aromatic carbocycles. The number of unbranched alkanes of at least 4 members (excludes halogenated alkanes) is 2. The summed E-state index contributed by atoms with van der Waals surface area (Å²) >= 11 is 0. The molecular weight excluding hydrogens is 1310 g/mol. The second kappa shape index (κ2) is 41.6. The van der Waals surface area contributed by atoms with Crippen LogP contribution in [0.1, 0.15) is 124 Å². The van der Waals surface area contributed by atoms with Crippen molar-refractivity contribution in [3.63, 3.8) is 0 Å². The van der Waals surface area contributed by atoms with Gasteiger partial charge in [0.25, 0.3) is 17.7 Å². The van der Waals surface area contributed by atoms with E-state index >= 15 is 0 Å². The van der Waals surface area contributed by atoms with Gasteiger partial charge in [-0.2, -0.15) is 0 Å². The van der Waals surface area contributed by atoms with Gasteiger partial charge in [0, 0.05) is 73.8 Å². The summed E-state index contributed by atoms with van der Waals surface area (Å²) in [5.41, 5.74) is 1.94. The van der Waals surface area contributed by atoms with Crippen LogP contribution in [0.5, 0.6) is 0 Å². The monoisotopic (exact) mass is 1410 g/mol. The fourth-order valence-electron chi connectivity index (χ4n) is 11.3. The van der Waals surface area contributed by atoms with Crippen molar-refractivity contribution in [3.8, 4) is 0 Å². The molecule has 0 saturated carbocycles. The minimum atomic E-state index is -1.88. The van der Waals surface area contributed by atoms with E-state index in [0.29, 0.717) is 36.0 Å². The normalized spacial score (nSPS) is 25.8. The number of carbonyl (C=O) groups is 10. The molecule has 30 heteroatoms. The molecule has 3 saturated heterocycles. The zero-order valence-electron chi connectivity index (χ0n) is 58.0. The summed E-state index contributed by atoms with van der Waals surface area (Å²) in [4.78, 5) is 129. The summed E-state index contributed by atoms with van der Waals surface area (Å²) in [5.74, 6) is -7.40. The highest BCUT2D eigenvalue weighted by Gasteiger charge is 2.56. The van der Waals surface area contributed by atoms with Gasteiger partial charge < -0.3 is 96.8 Å². The van der Waals surface area contributed by atoms with E-state index in [4.69, 9.17) is 75.8 Å². The van der Waals surface area contributed by atoms with Crippen LogP contribution < -0.4 is 16.0 Å². The summed E-state index contributed by atoms with van der Waals surface area (Å²) in [6.45, 7) is 10.2. The number of hydrogen-bond acceptors (Lipinski definition) is 27. The number of methoxy groups -OCH3 is 1. The summed E-state index contributed by atoms with van der Waals surface area (Å²) in [5, 5.41) is 21.6. The number of rotatable bonds is 38. The Kier molecular flexibility index (Phi) is 33.7. The zero-order valence-corrected chi connectivity index (χ0v) is 58.0. The van der Waals surface area contributed by atoms with E-state index in [2.05, 4.69) is 16.0 Å². The maximum absolute atomic E-state index is 14.7. The number of nitrogens with one attached hydrogen (secondary N) is 3. The van der Waals surface area contributed by atoms with E-state index in [9.17, 15) is 53.1 Å². The predicted molar refractivity (Wildman–Crippen MR) is 346 cm³/mol. The minimum absolute atomic E-state index is 0.00113. The maximum Gasteiger partial charge on any atom is 0.305 e. The van der Waals surface area contributed by atoms with Crippen LogP contribution in [0.4, 0.5) is 0 Å². The average molecular weight is 1410 g/mol. The van der Waals surface area contributed by atoms with E-state index in [1.165, 1.54) is 27.9 Å². The Balaban J connectivity index is 1.52. The molecule has 3 aliphatic rings. The van der Waals surface area contributed by atoms with Crippen molar-refractivity contribution in [3.05, 3.63) is 108 Å². The van der Waals surface area contributed by atoms with Gasteiger partial charge in [0.1, 0.15) is 36.6 Å². The molecule has 3 aliphatic heterocycles. The van der Waals surface area contributed by atoms with Crippen molar-refractivity contribution < 1.29 is 129 Å². The molecule has 4 N–H and O–H groups in total. The quantitative estimate of drug-likeness (QED) is 0.0358. The highest BCUT2D eigenvalue weighted by molar-refractivity contribution is 5.85. The summed E-state index contributed by atoms with van der Waals surface area (Å²) in [6, 6.07) is 23.0. The van der Waals surface area contributed by atoms with Crippen LogP contribution in [0, 0.1) is 0 Å². The van der Waals surface area contributed by atoms with Crippen molar-refractivity contribution in [2.45, 2.75) is 237 Å². The van der Waals surface area contributed by atoms with Crippen LogP contribution in [0.15, 0.2) is 91.0 Å². The molecule has 0 unspecified atom stereocenters. The number of esters is 7. The highest BCUT2D eigenvalue weighted by Crippen LogP contribution is 2.37. The van der Waals surface area contributed by atoms with Crippen LogP contribution in [-0.4, -0.2) is 208 Å². The SMILES string of the molecule is COC(=O)CCCCCO[C@H]1O[C@H](C)[C@@H](NC(=O)[C@@H](CCOC(C)=O)OC(C)=O)[C@H](OCc2ccccc2)[C@@H]1O[C@H]1O[C@H](C)[C@@H](NC(=O)[C@@H](CCOC(C)=O)OC(C)=O)[C@H](OCc2ccccc2)[C@@H]1O[C@H]1O[C@H](C)[C@@H](NC(=O)[C@@H](CCOC(C)=O)OC(C)=O)[C@H](OCc2ccccc2)[C@@H]1O. The molecule has 552 valence electrons. The average Bonchev–Trinajstić information content (AvgIpc) is 0.767. The fourth-order valence-corrected chi connectivity index (χ4v) is 11.3. The topological polar surface area (TPSA) is 375 Å². The Morgan fingerprint density at radius 2 is 0.750 bits per heavy atom. The first-order valence-electron chi connectivity index (χ1n) is 33.2. The molecule has 0 bridgehead atoms. The minimum Gasteiger partial charge on any atom is -0.469 e. The van der Waals surface area contributed by atoms with Gasteiger partial charge in [-0.25, -0.2) is 0 Å². The lowest BCUT2D eigenvalue weighted by atomic mass is 9.93. The van der Waals surface area contributed by atoms with Gasteiger partial charge in [-0.1, -0.05) is 97.4 Å². The van der Waals surface area contributed by atoms with Crippen LogP contribution in [-0.2, 0) is 144 Å². The second-order valence-electron chi connectivity index (χ2n) is 24.1. The molecule has 3 fully saturated rings. The third-order valence-electron chi connectivity index (χ3n) is 16.2. The largest absolute Gasteiger partial charge is 0.469 e. The van der Waals surface area contributed by atoms with E-state index < -0.39 is 170 Å². The van der Waals surface area contributed by atoms with Crippen molar-refractivity contribution in [2.24, 2.45) is 0 Å². The zero-order chi connectivity index (χ0) is 72.8. The first kappa shape index (κ1) is 80.9. The molecule has 0 aliphatic carbocycles. The van der Waals surface area contributed by atoms with Gasteiger partial charge in [0.05, 0.1) is 83.2 Å². The predicted octanol–water partition coefficient (Wildman–Crippen LogP) is 3.97. The van der Waals surface area contributed by atoms with Crippen molar-refractivity contribution in [1.82, 2.24) is 16.0 Å².